The molecular weight excluding hydrogens is 306 g/mol. The van der Waals surface area contributed by atoms with E-state index in [1.54, 1.807) is 11.5 Å². The Labute approximate surface area is 123 Å². The molecule has 2 aromatic heterocycles. The molecule has 0 bridgehead atoms. The van der Waals surface area contributed by atoms with Crippen LogP contribution in [-0.4, -0.2) is 19.7 Å². The van der Waals surface area contributed by atoms with Crippen molar-refractivity contribution in [3.8, 4) is 0 Å². The summed E-state index contributed by atoms with van der Waals surface area (Å²) in [6.07, 6.45) is 0. The molecule has 3 rings (SSSR count). The molecule has 8 heteroatoms. The molecule has 0 radical (unpaired) electrons. The summed E-state index contributed by atoms with van der Waals surface area (Å²) in [5.41, 5.74) is 1.15. The molecule has 104 valence electrons. The maximum Gasteiger partial charge on any atom is 0.246 e. The summed E-state index contributed by atoms with van der Waals surface area (Å²) < 4.78 is 20.4. The van der Waals surface area contributed by atoms with E-state index in [-0.39, 0.29) is 17.4 Å². The predicted octanol–water partition coefficient (Wildman–Crippen LogP) is 3.31. The number of aryl methyl sites for hydroxylation is 1. The summed E-state index contributed by atoms with van der Waals surface area (Å²) in [6, 6.07) is 2.79. The van der Waals surface area contributed by atoms with Gasteiger partial charge in [0, 0.05) is 6.07 Å². The Bertz CT molecular complexity index is 783. The van der Waals surface area contributed by atoms with Crippen LogP contribution in [0.25, 0.3) is 11.0 Å². The van der Waals surface area contributed by atoms with Crippen molar-refractivity contribution in [2.45, 2.75) is 19.3 Å². The van der Waals surface area contributed by atoms with Gasteiger partial charge in [0.2, 0.25) is 5.89 Å². The van der Waals surface area contributed by atoms with Crippen molar-refractivity contribution in [2.24, 2.45) is 0 Å². The molecule has 0 spiro atoms. The Kier molecular flexibility index (Phi) is 3.35. The molecule has 0 saturated heterocycles. The lowest BCUT2D eigenvalue weighted by molar-refractivity contribution is 0.368. The van der Waals surface area contributed by atoms with Crippen molar-refractivity contribution in [3.05, 3.63) is 40.5 Å². The number of halogens is 3. The Morgan fingerprint density at radius 3 is 2.80 bits per heavy atom. The number of rotatable bonds is 3. The van der Waals surface area contributed by atoms with Crippen LogP contribution in [0.5, 0.6) is 0 Å². The molecule has 0 aliphatic carbocycles. The highest BCUT2D eigenvalue weighted by atomic mass is 35.5. The first-order chi connectivity index (χ1) is 9.58. The SMILES string of the molecule is Cc1noc(Cn2c(CCl)nc3cc(Cl)c(F)cc32)n1. The number of aromatic nitrogens is 4. The molecule has 0 saturated carbocycles. The Hall–Kier alpha value is -1.66. The second kappa shape index (κ2) is 5.03. The van der Waals surface area contributed by atoms with Gasteiger partial charge >= 0.3 is 0 Å². The summed E-state index contributed by atoms with van der Waals surface area (Å²) in [4.78, 5) is 8.44. The number of hydrogen-bond acceptors (Lipinski definition) is 4. The van der Waals surface area contributed by atoms with E-state index in [1.807, 2.05) is 0 Å². The van der Waals surface area contributed by atoms with E-state index < -0.39 is 5.82 Å². The smallest absolute Gasteiger partial charge is 0.246 e. The highest BCUT2D eigenvalue weighted by Crippen LogP contribution is 2.25. The molecule has 2 heterocycles. The molecule has 3 aromatic rings. The zero-order chi connectivity index (χ0) is 14.3. The van der Waals surface area contributed by atoms with Crippen LogP contribution >= 0.6 is 23.2 Å². The van der Waals surface area contributed by atoms with Crippen molar-refractivity contribution >= 4 is 34.2 Å². The molecule has 1 aromatic carbocycles. The maximum atomic E-state index is 13.6. The molecule has 0 aliphatic heterocycles. The van der Waals surface area contributed by atoms with E-state index in [9.17, 15) is 4.39 Å². The van der Waals surface area contributed by atoms with Gasteiger partial charge in [-0.15, -0.1) is 11.6 Å². The number of imidazole rings is 1. The molecule has 0 N–H and O–H groups in total. The average Bonchev–Trinajstić information content (AvgIpc) is 2.96. The van der Waals surface area contributed by atoms with E-state index in [1.165, 1.54) is 12.1 Å². The van der Waals surface area contributed by atoms with Crippen LogP contribution in [-0.2, 0) is 12.4 Å². The van der Waals surface area contributed by atoms with Gasteiger partial charge < -0.3 is 9.09 Å². The third-order valence-corrected chi connectivity index (χ3v) is 3.38. The van der Waals surface area contributed by atoms with Crippen LogP contribution in [0.15, 0.2) is 16.7 Å². The van der Waals surface area contributed by atoms with Crippen molar-refractivity contribution in [3.63, 3.8) is 0 Å². The number of hydrogen-bond donors (Lipinski definition) is 0. The zero-order valence-electron chi connectivity index (χ0n) is 10.4. The minimum atomic E-state index is -0.511. The van der Waals surface area contributed by atoms with Gasteiger partial charge in [0.15, 0.2) is 5.82 Å². The van der Waals surface area contributed by atoms with Crippen molar-refractivity contribution < 1.29 is 8.91 Å². The first kappa shape index (κ1) is 13.3. The Morgan fingerprint density at radius 2 is 2.15 bits per heavy atom. The molecule has 20 heavy (non-hydrogen) atoms. The quantitative estimate of drug-likeness (QED) is 0.696. The first-order valence-electron chi connectivity index (χ1n) is 5.78. The highest BCUT2D eigenvalue weighted by molar-refractivity contribution is 6.31. The van der Waals surface area contributed by atoms with Gasteiger partial charge in [0.25, 0.3) is 0 Å². The lowest BCUT2D eigenvalue weighted by Gasteiger charge is -2.04. The standard InChI is InChI=1S/C12H9Cl2FN4O/c1-6-16-12(20-18-6)5-19-10-3-8(15)7(14)2-9(10)17-11(19)4-13/h2-3H,4-5H2,1H3. The molecule has 0 aliphatic rings. The van der Waals surface area contributed by atoms with Gasteiger partial charge in [-0.3, -0.25) is 0 Å². The fourth-order valence-electron chi connectivity index (χ4n) is 1.99. The third kappa shape index (κ3) is 2.25. The van der Waals surface area contributed by atoms with Gasteiger partial charge in [-0.05, 0) is 13.0 Å². The van der Waals surface area contributed by atoms with Crippen LogP contribution in [0, 0.1) is 12.7 Å². The van der Waals surface area contributed by atoms with Gasteiger partial charge in [0.1, 0.15) is 18.2 Å². The molecule has 5 nitrogen and oxygen atoms in total. The van der Waals surface area contributed by atoms with Gasteiger partial charge in [-0.1, -0.05) is 16.8 Å². The van der Waals surface area contributed by atoms with E-state index >= 15 is 0 Å². The van der Waals surface area contributed by atoms with Crippen LogP contribution in [0.4, 0.5) is 4.39 Å². The summed E-state index contributed by atoms with van der Waals surface area (Å²) in [6.45, 7) is 2.00. The fourth-order valence-corrected chi connectivity index (χ4v) is 2.35. The topological polar surface area (TPSA) is 56.7 Å². The fraction of sp³-hybridized carbons (Fsp3) is 0.250. The highest BCUT2D eigenvalue weighted by Gasteiger charge is 2.15. The Balaban J connectivity index is 2.14. The van der Waals surface area contributed by atoms with Crippen molar-refractivity contribution in [1.82, 2.24) is 19.7 Å². The summed E-state index contributed by atoms with van der Waals surface area (Å²) >= 11 is 11.6. The summed E-state index contributed by atoms with van der Waals surface area (Å²) in [5.74, 6) is 1.19. The minimum Gasteiger partial charge on any atom is -0.337 e. The van der Waals surface area contributed by atoms with Crippen LogP contribution in [0.2, 0.25) is 5.02 Å². The van der Waals surface area contributed by atoms with E-state index in [4.69, 9.17) is 27.7 Å². The number of nitrogens with zero attached hydrogens (tertiary/aromatic N) is 4. The zero-order valence-corrected chi connectivity index (χ0v) is 11.9. The van der Waals surface area contributed by atoms with Gasteiger partial charge in [-0.25, -0.2) is 9.37 Å². The second-order valence-electron chi connectivity index (χ2n) is 4.24. The van der Waals surface area contributed by atoms with Crippen LogP contribution in [0.3, 0.4) is 0 Å². The predicted molar refractivity (Wildman–Crippen MR) is 72.4 cm³/mol. The lowest BCUT2D eigenvalue weighted by atomic mass is 10.3. The number of alkyl halides is 1. The Morgan fingerprint density at radius 1 is 1.35 bits per heavy atom. The summed E-state index contributed by atoms with van der Waals surface area (Å²) in [7, 11) is 0. The molecule has 0 fully saturated rings. The van der Waals surface area contributed by atoms with Crippen molar-refractivity contribution in [2.75, 3.05) is 0 Å². The van der Waals surface area contributed by atoms with Gasteiger partial charge in [0.05, 0.1) is 21.9 Å². The summed E-state index contributed by atoms with van der Waals surface area (Å²) in [5, 5.41) is 3.74. The second-order valence-corrected chi connectivity index (χ2v) is 4.91. The third-order valence-electron chi connectivity index (χ3n) is 2.85. The molecular formula is C12H9Cl2FN4O. The minimum absolute atomic E-state index is 0.0249. The van der Waals surface area contributed by atoms with E-state index in [0.29, 0.717) is 28.6 Å². The molecule has 0 atom stereocenters. The van der Waals surface area contributed by atoms with Gasteiger partial charge in [-0.2, -0.15) is 4.98 Å². The van der Waals surface area contributed by atoms with Crippen LogP contribution in [0.1, 0.15) is 17.5 Å². The number of benzene rings is 1. The van der Waals surface area contributed by atoms with Crippen molar-refractivity contribution in [1.29, 1.82) is 0 Å². The molecule has 0 amide bonds. The van der Waals surface area contributed by atoms with E-state index in [2.05, 4.69) is 15.1 Å². The first-order valence-corrected chi connectivity index (χ1v) is 6.69. The van der Waals surface area contributed by atoms with E-state index in [0.717, 1.165) is 0 Å². The largest absolute Gasteiger partial charge is 0.337 e. The normalized spacial score (nSPS) is 11.4. The lowest BCUT2D eigenvalue weighted by Crippen LogP contribution is -2.04. The monoisotopic (exact) mass is 314 g/mol. The average molecular weight is 315 g/mol. The maximum absolute atomic E-state index is 13.6. The number of fused-ring (bicyclic) bond motifs is 1. The molecule has 0 unspecified atom stereocenters. The van der Waals surface area contributed by atoms with Crippen LogP contribution < -0.4 is 0 Å².